The van der Waals surface area contributed by atoms with Gasteiger partial charge in [0, 0.05) is 29.1 Å². The minimum absolute atomic E-state index is 0.0607. The van der Waals surface area contributed by atoms with Crippen molar-refractivity contribution in [3.63, 3.8) is 0 Å². The quantitative estimate of drug-likeness (QED) is 0.565. The van der Waals surface area contributed by atoms with Crippen molar-refractivity contribution in [1.82, 2.24) is 0 Å². The minimum atomic E-state index is -0.0607. The highest BCUT2D eigenvalue weighted by molar-refractivity contribution is 7.10. The molecule has 146 valence electrons. The Morgan fingerprint density at radius 3 is 2.79 bits per heavy atom. The van der Waals surface area contributed by atoms with E-state index in [0.29, 0.717) is 6.42 Å². The molecule has 4 heteroatoms. The number of nitrogens with one attached hydrogen (secondary N) is 1. The van der Waals surface area contributed by atoms with Crippen molar-refractivity contribution in [2.75, 3.05) is 10.2 Å². The molecule has 0 bridgehead atoms. The number of allylic oxidation sites excluding steroid dienone is 1. The molecule has 3 aromatic rings. The van der Waals surface area contributed by atoms with Gasteiger partial charge in [0.2, 0.25) is 0 Å². The van der Waals surface area contributed by atoms with E-state index in [1.807, 2.05) is 0 Å². The van der Waals surface area contributed by atoms with Crippen LogP contribution in [0.25, 0.3) is 0 Å². The van der Waals surface area contributed by atoms with E-state index in [4.69, 9.17) is 0 Å². The average Bonchev–Trinajstić information content (AvgIpc) is 3.20. The van der Waals surface area contributed by atoms with E-state index in [2.05, 4.69) is 83.2 Å². The number of aryl methyl sites for hydroxylation is 1. The predicted octanol–water partition coefficient (Wildman–Crippen LogP) is 6.24. The lowest BCUT2D eigenvalue weighted by Crippen LogP contribution is -2.32. The Balaban J connectivity index is 1.71. The fourth-order valence-electron chi connectivity index (χ4n) is 4.52. The lowest BCUT2D eigenvalue weighted by molar-refractivity contribution is -0.116. The highest BCUT2D eigenvalue weighted by atomic mass is 32.1. The summed E-state index contributed by atoms with van der Waals surface area (Å²) in [6, 6.07) is 21.3. The maximum Gasteiger partial charge on any atom is 0.163 e. The smallest absolute Gasteiger partial charge is 0.163 e. The van der Waals surface area contributed by atoms with E-state index in [-0.39, 0.29) is 11.8 Å². The first-order chi connectivity index (χ1) is 14.2. The van der Waals surface area contributed by atoms with Crippen molar-refractivity contribution in [1.29, 1.82) is 0 Å². The van der Waals surface area contributed by atoms with Gasteiger partial charge >= 0.3 is 0 Å². The summed E-state index contributed by atoms with van der Waals surface area (Å²) in [7, 11) is 0. The molecule has 1 aromatic heterocycles. The molecule has 29 heavy (non-hydrogen) atoms. The van der Waals surface area contributed by atoms with Gasteiger partial charge < -0.3 is 10.2 Å². The molecule has 5 rings (SSSR count). The van der Waals surface area contributed by atoms with Crippen molar-refractivity contribution >= 4 is 28.5 Å². The summed E-state index contributed by atoms with van der Waals surface area (Å²) in [5, 5.41) is 5.74. The zero-order chi connectivity index (χ0) is 19.8. The molecule has 0 saturated carbocycles. The van der Waals surface area contributed by atoms with Gasteiger partial charge in [-0.3, -0.25) is 4.79 Å². The van der Waals surface area contributed by atoms with Crippen LogP contribution in [0.5, 0.6) is 0 Å². The van der Waals surface area contributed by atoms with Gasteiger partial charge in [0.25, 0.3) is 0 Å². The second-order valence-electron chi connectivity index (χ2n) is 7.85. The molecular weight excluding hydrogens is 376 g/mol. The van der Waals surface area contributed by atoms with Crippen LogP contribution in [0.2, 0.25) is 0 Å². The molecule has 1 N–H and O–H groups in total. The Morgan fingerprint density at radius 1 is 1.07 bits per heavy atom. The molecule has 0 saturated heterocycles. The molecule has 0 spiro atoms. The summed E-state index contributed by atoms with van der Waals surface area (Å²) < 4.78 is 0. The summed E-state index contributed by atoms with van der Waals surface area (Å²) in [5.74, 6) is 0.277. The van der Waals surface area contributed by atoms with Crippen LogP contribution in [0.15, 0.2) is 77.3 Å². The summed E-state index contributed by atoms with van der Waals surface area (Å²) >= 11 is 1.73. The van der Waals surface area contributed by atoms with Gasteiger partial charge in [0.15, 0.2) is 5.78 Å². The molecule has 1 atom stereocenters. The lowest BCUT2D eigenvalue weighted by Gasteiger charge is -2.34. The first-order valence-corrected chi connectivity index (χ1v) is 11.1. The van der Waals surface area contributed by atoms with E-state index in [1.54, 1.807) is 11.3 Å². The zero-order valence-corrected chi connectivity index (χ0v) is 17.3. The topological polar surface area (TPSA) is 32.3 Å². The summed E-state index contributed by atoms with van der Waals surface area (Å²) in [6.07, 6.45) is 2.48. The third-order valence-corrected chi connectivity index (χ3v) is 6.71. The number of rotatable bonds is 3. The number of hydrogen-bond donors (Lipinski definition) is 1. The number of Topliss-reactive ketones (excluding diaryl/α,β-unsaturated/α-hetero) is 1. The van der Waals surface area contributed by atoms with Crippen LogP contribution in [0.4, 0.5) is 11.4 Å². The maximum absolute atomic E-state index is 13.2. The number of carbonyl (C=O) groups is 1. The maximum atomic E-state index is 13.2. The van der Waals surface area contributed by atoms with Crippen LogP contribution >= 0.6 is 11.3 Å². The van der Waals surface area contributed by atoms with Crippen LogP contribution in [0.3, 0.4) is 0 Å². The first-order valence-electron chi connectivity index (χ1n) is 10.2. The number of benzene rings is 2. The molecule has 1 aliphatic heterocycles. The Labute approximate surface area is 175 Å². The van der Waals surface area contributed by atoms with Gasteiger partial charge in [0.05, 0.1) is 17.4 Å². The third-order valence-electron chi connectivity index (χ3n) is 5.79. The van der Waals surface area contributed by atoms with Crippen LogP contribution in [-0.4, -0.2) is 5.78 Å². The Bertz CT molecular complexity index is 1080. The monoisotopic (exact) mass is 400 g/mol. The molecule has 3 nitrogen and oxygen atoms in total. The number of thiophene rings is 1. The van der Waals surface area contributed by atoms with Crippen LogP contribution < -0.4 is 10.2 Å². The van der Waals surface area contributed by atoms with Gasteiger partial charge in [-0.2, -0.15) is 0 Å². The van der Waals surface area contributed by atoms with Crippen molar-refractivity contribution in [2.24, 2.45) is 0 Å². The largest absolute Gasteiger partial charge is 0.357 e. The number of carbonyl (C=O) groups excluding carboxylic acids is 1. The normalized spacial score (nSPS) is 18.7. The van der Waals surface area contributed by atoms with Crippen molar-refractivity contribution in [3.8, 4) is 0 Å². The van der Waals surface area contributed by atoms with E-state index < -0.39 is 0 Å². The molecular formula is C25H24N2OS. The minimum Gasteiger partial charge on any atom is -0.357 e. The number of para-hydroxylation sites is 2. The second kappa shape index (κ2) is 7.53. The van der Waals surface area contributed by atoms with Crippen molar-refractivity contribution in [2.45, 2.75) is 38.8 Å². The van der Waals surface area contributed by atoms with Crippen LogP contribution in [0.1, 0.15) is 41.3 Å². The molecule has 0 radical (unpaired) electrons. The molecule has 2 heterocycles. The second-order valence-corrected chi connectivity index (χ2v) is 8.83. The molecule has 1 aliphatic carbocycles. The predicted molar refractivity (Wildman–Crippen MR) is 120 cm³/mol. The average molecular weight is 401 g/mol. The number of anilines is 2. The van der Waals surface area contributed by atoms with E-state index in [9.17, 15) is 4.79 Å². The van der Waals surface area contributed by atoms with E-state index in [1.165, 1.54) is 16.0 Å². The number of ketones is 1. The summed E-state index contributed by atoms with van der Waals surface area (Å²) in [4.78, 5) is 16.8. The van der Waals surface area contributed by atoms with Crippen molar-refractivity contribution in [3.05, 3.63) is 93.3 Å². The van der Waals surface area contributed by atoms with E-state index in [0.717, 1.165) is 42.0 Å². The van der Waals surface area contributed by atoms with Gasteiger partial charge in [-0.25, -0.2) is 0 Å². The van der Waals surface area contributed by atoms with Gasteiger partial charge in [-0.05, 0) is 48.9 Å². The van der Waals surface area contributed by atoms with Gasteiger partial charge in [0.1, 0.15) is 0 Å². The van der Waals surface area contributed by atoms with Gasteiger partial charge in [-0.15, -0.1) is 11.3 Å². The fraction of sp³-hybridized carbons (Fsp3) is 0.240. The highest BCUT2D eigenvalue weighted by Crippen LogP contribution is 2.46. The standard InChI is InChI=1S/C25H24N2OS/c1-17-7-4-8-18(15-17)16-27-21-11-3-2-9-19(21)26-20-10-5-12-22(28)24(20)25(27)23-13-6-14-29-23/h2-4,6-9,11,13-15,25-26H,5,10,12,16H2,1H3/t25-/m0/s1. The third kappa shape index (κ3) is 3.38. The van der Waals surface area contributed by atoms with Crippen LogP contribution in [0, 0.1) is 6.92 Å². The Kier molecular flexibility index (Phi) is 4.72. The molecule has 0 fully saturated rings. The Hall–Kier alpha value is -2.85. The molecule has 2 aliphatic rings. The zero-order valence-electron chi connectivity index (χ0n) is 16.5. The SMILES string of the molecule is Cc1cccc(CN2c3ccccc3NC3=C(C(=O)CCC3)[C@@H]2c2cccs2)c1. The molecule has 2 aromatic carbocycles. The summed E-state index contributed by atoms with van der Waals surface area (Å²) in [5.41, 5.74) is 6.79. The first kappa shape index (κ1) is 18.2. The molecule has 0 amide bonds. The molecule has 0 unspecified atom stereocenters. The highest BCUT2D eigenvalue weighted by Gasteiger charge is 2.37. The summed E-state index contributed by atoms with van der Waals surface area (Å²) in [6.45, 7) is 2.89. The van der Waals surface area contributed by atoms with Crippen molar-refractivity contribution < 1.29 is 4.79 Å². The van der Waals surface area contributed by atoms with Gasteiger partial charge in [-0.1, -0.05) is 48.0 Å². The lowest BCUT2D eigenvalue weighted by atomic mass is 9.88. The number of fused-ring (bicyclic) bond motifs is 1. The fourth-order valence-corrected chi connectivity index (χ4v) is 5.37. The Morgan fingerprint density at radius 2 is 1.97 bits per heavy atom. The number of nitrogens with zero attached hydrogens (tertiary/aromatic N) is 1. The number of hydrogen-bond acceptors (Lipinski definition) is 4. The van der Waals surface area contributed by atoms with E-state index >= 15 is 0 Å². The van der Waals surface area contributed by atoms with Crippen LogP contribution in [-0.2, 0) is 11.3 Å².